The van der Waals surface area contributed by atoms with E-state index in [9.17, 15) is 0 Å². The van der Waals surface area contributed by atoms with E-state index in [1.165, 1.54) is 94.0 Å². The molecule has 296 valence electrons. The van der Waals surface area contributed by atoms with Crippen LogP contribution in [0, 0.1) is 0 Å². The summed E-state index contributed by atoms with van der Waals surface area (Å²) in [6.45, 7) is 0. The Labute approximate surface area is 371 Å². The molecule has 1 aliphatic carbocycles. The first kappa shape index (κ1) is 37.2. The first-order chi connectivity index (χ1) is 31.3. The second kappa shape index (κ2) is 15.4. The summed E-state index contributed by atoms with van der Waals surface area (Å²) in [7, 11) is -1.09. The third-order valence-corrected chi connectivity index (χ3v) is 15.6. The van der Waals surface area contributed by atoms with Gasteiger partial charge in [-0.2, -0.15) is 0 Å². The summed E-state index contributed by atoms with van der Waals surface area (Å²) in [6.07, 6.45) is 0. The second-order valence-corrected chi connectivity index (χ2v) is 18.5. The first-order valence-corrected chi connectivity index (χ1v) is 23.1. The maximum Gasteiger partial charge on any atom is 0.0714 e. The summed E-state index contributed by atoms with van der Waals surface area (Å²) in [5, 5.41) is 4.07. The minimum Gasteiger partial charge on any atom is -0.308 e. The third-order valence-electron chi connectivity index (χ3n) is 13.0. The van der Waals surface area contributed by atoms with E-state index in [0.717, 1.165) is 5.69 Å². The predicted molar refractivity (Wildman–Crippen MR) is 267 cm³/mol. The van der Waals surface area contributed by atoms with Crippen molar-refractivity contribution in [3.05, 3.63) is 277 Å². The average molecular weight is 820 g/mol. The lowest BCUT2D eigenvalue weighted by molar-refractivity contribution is 0.769. The van der Waals surface area contributed by atoms with Gasteiger partial charge in [0.1, 0.15) is 0 Å². The molecule has 10 aromatic rings. The van der Waals surface area contributed by atoms with Gasteiger partial charge < -0.3 is 4.90 Å². The van der Waals surface area contributed by atoms with Gasteiger partial charge in [-0.3, -0.25) is 0 Å². The zero-order valence-electron chi connectivity index (χ0n) is 34.6. The highest BCUT2D eigenvalue weighted by atomic mass is 31.1. The van der Waals surface area contributed by atoms with E-state index >= 15 is 0 Å². The summed E-state index contributed by atoms with van der Waals surface area (Å²) in [5.74, 6) is 0. The SMILES string of the molecule is c1ccc(-c2cccc(-c3ccc4c(c3)N(c3ccccc3)c3c(-c5ccccc5)cc5c(c3P4c3ccccc3)-c3ccccc3C5(c3ccccc3)c3ccccc3)c2)cc1. The topological polar surface area (TPSA) is 3.24 Å². The molecule has 12 rings (SSSR count). The minimum atomic E-state index is -1.09. The van der Waals surface area contributed by atoms with Gasteiger partial charge in [-0.25, -0.2) is 0 Å². The summed E-state index contributed by atoms with van der Waals surface area (Å²) in [6, 6.07) is 94.7. The standard InChI is InChI=1S/C61H42NP/c1-7-22-43(23-8-1)45-26-21-27-46(40-45)47-38-39-57-56(41-47)62(50-32-15-5-16-33-50)59-53(44-24-9-2-10-25-44)42-55-58(60(59)63(57)51-34-17-6-18-35-51)52-36-19-20-37-54(52)61(55,48-28-11-3-12-29-48)49-30-13-4-14-31-49/h1-42H. The van der Waals surface area contributed by atoms with Crippen molar-refractivity contribution in [2.75, 3.05) is 4.90 Å². The molecule has 1 unspecified atom stereocenters. The molecule has 1 heterocycles. The number of fused-ring (bicyclic) bond motifs is 6. The number of hydrogen-bond acceptors (Lipinski definition) is 1. The number of benzene rings is 10. The molecular weight excluding hydrogens is 778 g/mol. The predicted octanol–water partition coefficient (Wildman–Crippen LogP) is 14.6. The summed E-state index contributed by atoms with van der Waals surface area (Å²) < 4.78 is 0. The van der Waals surface area contributed by atoms with Crippen LogP contribution < -0.4 is 20.8 Å². The highest BCUT2D eigenvalue weighted by Crippen LogP contribution is 2.62. The zero-order chi connectivity index (χ0) is 41.7. The Morgan fingerprint density at radius 3 is 1.51 bits per heavy atom. The zero-order valence-corrected chi connectivity index (χ0v) is 35.5. The van der Waals surface area contributed by atoms with Gasteiger partial charge in [0.05, 0.1) is 16.8 Å². The van der Waals surface area contributed by atoms with E-state index < -0.39 is 13.3 Å². The molecule has 0 spiro atoms. The van der Waals surface area contributed by atoms with E-state index in [0.29, 0.717) is 0 Å². The Kier molecular flexibility index (Phi) is 9.10. The van der Waals surface area contributed by atoms with Crippen molar-refractivity contribution in [3.8, 4) is 44.5 Å². The minimum absolute atomic E-state index is 0.559. The van der Waals surface area contributed by atoms with E-state index in [-0.39, 0.29) is 0 Å². The van der Waals surface area contributed by atoms with Crippen molar-refractivity contribution < 1.29 is 0 Å². The van der Waals surface area contributed by atoms with Gasteiger partial charge in [-0.05, 0) is 105 Å². The molecule has 0 radical (unpaired) electrons. The Morgan fingerprint density at radius 1 is 0.349 bits per heavy atom. The van der Waals surface area contributed by atoms with Gasteiger partial charge in [0.15, 0.2) is 0 Å². The van der Waals surface area contributed by atoms with Crippen LogP contribution in [0.2, 0.25) is 0 Å². The average Bonchev–Trinajstić information content (AvgIpc) is 3.67. The van der Waals surface area contributed by atoms with Gasteiger partial charge in [-0.1, -0.05) is 224 Å². The molecule has 63 heavy (non-hydrogen) atoms. The largest absolute Gasteiger partial charge is 0.308 e. The van der Waals surface area contributed by atoms with Crippen LogP contribution in [-0.2, 0) is 5.41 Å². The molecule has 0 bridgehead atoms. The van der Waals surface area contributed by atoms with E-state index in [1.54, 1.807) is 0 Å². The molecule has 0 N–H and O–H groups in total. The number of para-hydroxylation sites is 1. The fourth-order valence-electron chi connectivity index (χ4n) is 10.4. The fourth-order valence-corrected chi connectivity index (χ4v) is 13.1. The Bertz CT molecular complexity index is 3220. The molecule has 2 aliphatic rings. The quantitative estimate of drug-likeness (QED) is 0.145. The van der Waals surface area contributed by atoms with Crippen molar-refractivity contribution in [2.24, 2.45) is 0 Å². The fraction of sp³-hybridized carbons (Fsp3) is 0.0164. The number of hydrogen-bond donors (Lipinski definition) is 0. The molecule has 0 amide bonds. The number of rotatable bonds is 7. The van der Waals surface area contributed by atoms with Crippen molar-refractivity contribution in [2.45, 2.75) is 5.41 Å². The van der Waals surface area contributed by atoms with Crippen molar-refractivity contribution in [1.82, 2.24) is 0 Å². The second-order valence-electron chi connectivity index (χ2n) is 16.4. The molecule has 1 nitrogen and oxygen atoms in total. The Hall–Kier alpha value is -7.57. The van der Waals surface area contributed by atoms with Crippen LogP contribution in [-0.4, -0.2) is 0 Å². The molecule has 0 fully saturated rings. The highest BCUT2D eigenvalue weighted by molar-refractivity contribution is 7.80. The normalized spacial score (nSPS) is 14.3. The maximum absolute atomic E-state index is 2.59. The van der Waals surface area contributed by atoms with Crippen molar-refractivity contribution >= 4 is 40.9 Å². The maximum atomic E-state index is 2.59. The number of anilines is 3. The van der Waals surface area contributed by atoms with Crippen molar-refractivity contribution in [1.29, 1.82) is 0 Å². The molecule has 1 aliphatic heterocycles. The Morgan fingerprint density at radius 2 is 0.857 bits per heavy atom. The smallest absolute Gasteiger partial charge is 0.0714 e. The lowest BCUT2D eigenvalue weighted by atomic mass is 9.67. The van der Waals surface area contributed by atoms with Crippen molar-refractivity contribution in [3.63, 3.8) is 0 Å². The molecular formula is C61H42NP. The van der Waals surface area contributed by atoms with E-state index in [4.69, 9.17) is 0 Å². The van der Waals surface area contributed by atoms with Crippen LogP contribution in [0.25, 0.3) is 44.5 Å². The molecule has 0 saturated carbocycles. The van der Waals surface area contributed by atoms with Crippen LogP contribution >= 0.6 is 7.92 Å². The van der Waals surface area contributed by atoms with Crippen LogP contribution in [0.4, 0.5) is 17.1 Å². The molecule has 10 aromatic carbocycles. The lowest BCUT2D eigenvalue weighted by Gasteiger charge is -2.42. The van der Waals surface area contributed by atoms with Crippen LogP contribution in [0.15, 0.2) is 255 Å². The van der Waals surface area contributed by atoms with Gasteiger partial charge in [0.25, 0.3) is 0 Å². The first-order valence-electron chi connectivity index (χ1n) is 21.8. The summed E-state index contributed by atoms with van der Waals surface area (Å²) >= 11 is 0. The molecule has 0 saturated heterocycles. The van der Waals surface area contributed by atoms with Crippen LogP contribution in [0.1, 0.15) is 22.3 Å². The van der Waals surface area contributed by atoms with Gasteiger partial charge >= 0.3 is 0 Å². The summed E-state index contributed by atoms with van der Waals surface area (Å²) in [5.41, 5.74) is 18.1. The van der Waals surface area contributed by atoms with Crippen LogP contribution in [0.5, 0.6) is 0 Å². The molecule has 2 heteroatoms. The van der Waals surface area contributed by atoms with Gasteiger partial charge in [0, 0.05) is 21.9 Å². The molecule has 0 aromatic heterocycles. The lowest BCUT2D eigenvalue weighted by Crippen LogP contribution is -2.36. The Balaban J connectivity index is 1.23. The highest BCUT2D eigenvalue weighted by Gasteiger charge is 2.50. The molecule has 1 atom stereocenters. The number of nitrogens with zero attached hydrogens (tertiary/aromatic N) is 1. The third kappa shape index (κ3) is 5.96. The van der Waals surface area contributed by atoms with Crippen LogP contribution in [0.3, 0.4) is 0 Å². The van der Waals surface area contributed by atoms with E-state index in [2.05, 4.69) is 260 Å². The monoisotopic (exact) mass is 819 g/mol. The van der Waals surface area contributed by atoms with Gasteiger partial charge in [-0.15, -0.1) is 0 Å². The van der Waals surface area contributed by atoms with E-state index in [1.807, 2.05) is 0 Å². The summed E-state index contributed by atoms with van der Waals surface area (Å²) in [4.78, 5) is 2.59. The van der Waals surface area contributed by atoms with Gasteiger partial charge in [0.2, 0.25) is 0 Å².